The topological polar surface area (TPSA) is 40.7 Å². The average Bonchev–Trinajstić information content (AvgIpc) is 3.26. The number of para-hydroxylation sites is 1. The van der Waals surface area contributed by atoms with E-state index in [2.05, 4.69) is 77.1 Å². The van der Waals surface area contributed by atoms with Crippen LogP contribution < -0.4 is 5.32 Å². The van der Waals surface area contributed by atoms with Crippen LogP contribution in [-0.2, 0) is 0 Å². The fraction of sp³-hybridized carbons (Fsp3) is 0.0952. The van der Waals surface area contributed by atoms with Crippen LogP contribution in [0.15, 0.2) is 78.5 Å². The zero-order valence-corrected chi connectivity index (χ0v) is 13.2. The third-order valence-electron chi connectivity index (χ3n) is 4.68. The third-order valence-corrected chi connectivity index (χ3v) is 4.68. The Morgan fingerprint density at radius 3 is 2.83 bits per heavy atom. The molecule has 0 amide bonds. The molecule has 3 nitrogen and oxygen atoms in total. The largest absolute Gasteiger partial charge is 0.357 e. The normalized spacial score (nSPS) is 18.9. The van der Waals surface area contributed by atoms with Crippen molar-refractivity contribution in [2.45, 2.75) is 6.42 Å². The zero-order valence-electron chi connectivity index (χ0n) is 13.2. The number of nitrogens with zero attached hydrogens (tertiary/aromatic N) is 1. The molecular formula is C21H17N3. The molecule has 1 unspecified atom stereocenters. The van der Waals surface area contributed by atoms with Crippen molar-refractivity contribution in [2.24, 2.45) is 5.92 Å². The number of rotatable bonds is 2. The van der Waals surface area contributed by atoms with Crippen molar-refractivity contribution in [3.63, 3.8) is 0 Å². The van der Waals surface area contributed by atoms with Crippen molar-refractivity contribution < 1.29 is 0 Å². The number of benzene rings is 1. The molecule has 5 rings (SSSR count). The highest BCUT2D eigenvalue weighted by molar-refractivity contribution is 5.85. The van der Waals surface area contributed by atoms with E-state index in [0.717, 1.165) is 34.7 Å². The molecule has 1 atom stereocenters. The Morgan fingerprint density at radius 2 is 1.92 bits per heavy atom. The summed E-state index contributed by atoms with van der Waals surface area (Å²) in [7, 11) is 0. The molecule has 2 N–H and O–H groups in total. The number of pyridine rings is 1. The highest BCUT2D eigenvalue weighted by Gasteiger charge is 2.22. The van der Waals surface area contributed by atoms with Crippen LogP contribution >= 0.6 is 0 Å². The monoisotopic (exact) mass is 311 g/mol. The lowest BCUT2D eigenvalue weighted by Crippen LogP contribution is -2.11. The van der Waals surface area contributed by atoms with Crippen LogP contribution in [0.3, 0.4) is 0 Å². The lowest BCUT2D eigenvalue weighted by atomic mass is 9.99. The minimum atomic E-state index is 0.462. The Labute approximate surface area is 140 Å². The Balaban J connectivity index is 1.53. The average molecular weight is 311 g/mol. The van der Waals surface area contributed by atoms with Crippen molar-refractivity contribution in [3.05, 3.63) is 84.2 Å². The first-order chi connectivity index (χ1) is 11.9. The van der Waals surface area contributed by atoms with Crippen molar-refractivity contribution in [2.75, 3.05) is 0 Å². The van der Waals surface area contributed by atoms with Gasteiger partial charge in [0.05, 0.1) is 22.8 Å². The number of nitrogens with one attached hydrogen (secondary N) is 2. The smallest absolute Gasteiger partial charge is 0.0872 e. The molecule has 3 heterocycles. The molecule has 3 heteroatoms. The maximum Gasteiger partial charge on any atom is 0.0872 e. The number of aromatic amines is 1. The van der Waals surface area contributed by atoms with Gasteiger partial charge in [0, 0.05) is 22.5 Å². The van der Waals surface area contributed by atoms with Crippen LogP contribution in [-0.4, -0.2) is 9.97 Å². The first-order valence-corrected chi connectivity index (χ1v) is 8.28. The molecule has 1 aromatic carbocycles. The SMILES string of the molecule is C1=CCC2C=C(c3cccc(-c4cc5ccccc5[nH]4)n3)NC2=C1. The molecule has 2 aliphatic rings. The van der Waals surface area contributed by atoms with Crippen LogP contribution in [0.2, 0.25) is 0 Å². The van der Waals surface area contributed by atoms with E-state index in [-0.39, 0.29) is 0 Å². The third kappa shape index (κ3) is 2.17. The molecule has 0 saturated heterocycles. The van der Waals surface area contributed by atoms with Crippen LogP contribution in [0, 0.1) is 5.92 Å². The highest BCUT2D eigenvalue weighted by atomic mass is 15.0. The molecule has 116 valence electrons. The standard InChI is InChI=1S/C21H17N3/c1-3-8-16-14(6-1)12-20(22-16)18-10-5-11-19(24-18)21-13-15-7-2-4-9-17(15)23-21/h1-6,8-13,15,22-23H,7H2. The van der Waals surface area contributed by atoms with E-state index in [0.29, 0.717) is 5.92 Å². The quantitative estimate of drug-likeness (QED) is 0.724. The molecule has 1 aliphatic heterocycles. The number of fused-ring (bicyclic) bond motifs is 2. The summed E-state index contributed by atoms with van der Waals surface area (Å²) in [5, 5.41) is 4.72. The summed E-state index contributed by atoms with van der Waals surface area (Å²) in [6, 6.07) is 16.7. The van der Waals surface area contributed by atoms with Crippen molar-refractivity contribution in [1.82, 2.24) is 15.3 Å². The van der Waals surface area contributed by atoms with Gasteiger partial charge in [0.15, 0.2) is 0 Å². The first kappa shape index (κ1) is 13.4. The molecule has 3 aromatic rings. The van der Waals surface area contributed by atoms with Gasteiger partial charge in [-0.3, -0.25) is 0 Å². The van der Waals surface area contributed by atoms with Gasteiger partial charge in [0.25, 0.3) is 0 Å². The van der Waals surface area contributed by atoms with E-state index in [1.54, 1.807) is 0 Å². The molecule has 0 fully saturated rings. The summed E-state index contributed by atoms with van der Waals surface area (Å²) >= 11 is 0. The maximum absolute atomic E-state index is 4.87. The summed E-state index contributed by atoms with van der Waals surface area (Å²) in [5.74, 6) is 0.462. The van der Waals surface area contributed by atoms with Crippen molar-refractivity contribution in [3.8, 4) is 11.4 Å². The Kier molecular flexibility index (Phi) is 2.92. The molecule has 0 radical (unpaired) electrons. The van der Waals surface area contributed by atoms with Crippen LogP contribution in [0.25, 0.3) is 28.0 Å². The van der Waals surface area contributed by atoms with Crippen LogP contribution in [0.1, 0.15) is 12.1 Å². The van der Waals surface area contributed by atoms with E-state index >= 15 is 0 Å². The fourth-order valence-corrected chi connectivity index (χ4v) is 3.43. The molecule has 0 saturated carbocycles. The van der Waals surface area contributed by atoms with Gasteiger partial charge in [0.1, 0.15) is 0 Å². The molecule has 0 spiro atoms. The van der Waals surface area contributed by atoms with Gasteiger partial charge in [-0.05, 0) is 42.8 Å². The van der Waals surface area contributed by atoms with Gasteiger partial charge >= 0.3 is 0 Å². The summed E-state index contributed by atoms with van der Waals surface area (Å²) in [4.78, 5) is 8.32. The first-order valence-electron chi connectivity index (χ1n) is 8.28. The predicted molar refractivity (Wildman–Crippen MR) is 98.0 cm³/mol. The second-order valence-corrected chi connectivity index (χ2v) is 6.28. The second kappa shape index (κ2) is 5.24. The molecule has 1 aliphatic carbocycles. The van der Waals surface area contributed by atoms with E-state index in [4.69, 9.17) is 4.98 Å². The molecule has 0 bridgehead atoms. The van der Waals surface area contributed by atoms with E-state index in [9.17, 15) is 0 Å². The number of hydrogen-bond acceptors (Lipinski definition) is 2. The second-order valence-electron chi connectivity index (χ2n) is 6.28. The Hall–Kier alpha value is -3.07. The van der Waals surface area contributed by atoms with Crippen molar-refractivity contribution in [1.29, 1.82) is 0 Å². The highest BCUT2D eigenvalue weighted by Crippen LogP contribution is 2.31. The number of allylic oxidation sites excluding steroid dienone is 4. The minimum absolute atomic E-state index is 0.462. The molecular weight excluding hydrogens is 294 g/mol. The predicted octanol–water partition coefficient (Wildman–Crippen LogP) is 4.63. The van der Waals surface area contributed by atoms with Crippen LogP contribution in [0.5, 0.6) is 0 Å². The van der Waals surface area contributed by atoms with Gasteiger partial charge in [-0.1, -0.05) is 36.4 Å². The minimum Gasteiger partial charge on any atom is -0.357 e. The Bertz CT molecular complexity index is 987. The lowest BCUT2D eigenvalue weighted by Gasteiger charge is -2.11. The van der Waals surface area contributed by atoms with E-state index in [1.165, 1.54) is 11.1 Å². The zero-order chi connectivity index (χ0) is 15.9. The summed E-state index contributed by atoms with van der Waals surface area (Å²) in [5.41, 5.74) is 6.52. The molecule has 24 heavy (non-hydrogen) atoms. The summed E-state index contributed by atoms with van der Waals surface area (Å²) in [6.07, 6.45) is 9.82. The number of hydrogen-bond donors (Lipinski definition) is 2. The van der Waals surface area contributed by atoms with Crippen molar-refractivity contribution >= 4 is 16.6 Å². The summed E-state index contributed by atoms with van der Waals surface area (Å²) < 4.78 is 0. The van der Waals surface area contributed by atoms with Gasteiger partial charge in [-0.2, -0.15) is 0 Å². The maximum atomic E-state index is 4.87. The number of aromatic nitrogens is 2. The van der Waals surface area contributed by atoms with Crippen LogP contribution in [0.4, 0.5) is 0 Å². The molecule has 2 aromatic heterocycles. The van der Waals surface area contributed by atoms with Gasteiger partial charge < -0.3 is 10.3 Å². The summed E-state index contributed by atoms with van der Waals surface area (Å²) in [6.45, 7) is 0. The van der Waals surface area contributed by atoms with E-state index in [1.807, 2.05) is 6.07 Å². The van der Waals surface area contributed by atoms with Gasteiger partial charge in [0.2, 0.25) is 0 Å². The lowest BCUT2D eigenvalue weighted by molar-refractivity contribution is 0.756. The van der Waals surface area contributed by atoms with Gasteiger partial charge in [-0.25, -0.2) is 4.98 Å². The fourth-order valence-electron chi connectivity index (χ4n) is 3.43. The van der Waals surface area contributed by atoms with E-state index < -0.39 is 0 Å². The Morgan fingerprint density at radius 1 is 1.00 bits per heavy atom. The van der Waals surface area contributed by atoms with Gasteiger partial charge in [-0.15, -0.1) is 0 Å². The number of H-pyrrole nitrogens is 1.